The van der Waals surface area contributed by atoms with E-state index in [-0.39, 0.29) is 5.91 Å². The Bertz CT molecular complexity index is 1040. The molecule has 0 aliphatic carbocycles. The van der Waals surface area contributed by atoms with E-state index >= 15 is 0 Å². The second-order valence-electron chi connectivity index (χ2n) is 6.44. The van der Waals surface area contributed by atoms with Crippen molar-refractivity contribution in [1.82, 2.24) is 14.8 Å². The molecule has 0 spiro atoms. The molecule has 2 N–H and O–H groups in total. The Kier molecular flexibility index (Phi) is 4.41. The maximum absolute atomic E-state index is 13.2. The average molecular weight is 380 g/mol. The van der Waals surface area contributed by atoms with Crippen molar-refractivity contribution in [2.45, 2.75) is 19.9 Å². The highest BCUT2D eigenvalue weighted by Gasteiger charge is 2.34. The lowest BCUT2D eigenvalue weighted by Gasteiger charge is -2.29. The minimum Gasteiger partial charge on any atom is -0.328 e. The monoisotopic (exact) mass is 379 g/mol. The molecule has 6 nitrogen and oxygen atoms in total. The molecular weight excluding hydrogens is 362 g/mol. The zero-order valence-electron chi connectivity index (χ0n) is 14.9. The minimum absolute atomic E-state index is 0.213. The predicted molar refractivity (Wildman–Crippen MR) is 106 cm³/mol. The van der Waals surface area contributed by atoms with Crippen LogP contribution in [0.1, 0.15) is 24.1 Å². The number of benzene rings is 2. The van der Waals surface area contributed by atoms with Gasteiger partial charge in [0, 0.05) is 22.0 Å². The highest BCUT2D eigenvalue weighted by atomic mass is 35.5. The summed E-state index contributed by atoms with van der Waals surface area (Å²) in [7, 11) is 0. The molecule has 27 heavy (non-hydrogen) atoms. The Hall–Kier alpha value is -3.12. The van der Waals surface area contributed by atoms with Crippen LogP contribution in [0.2, 0.25) is 5.02 Å². The molecule has 136 valence electrons. The highest BCUT2D eigenvalue weighted by molar-refractivity contribution is 6.31. The lowest BCUT2D eigenvalue weighted by Crippen LogP contribution is -2.31. The van der Waals surface area contributed by atoms with Crippen LogP contribution in [0.4, 0.5) is 11.6 Å². The predicted octanol–water partition coefficient (Wildman–Crippen LogP) is 4.17. The van der Waals surface area contributed by atoms with E-state index in [2.05, 4.69) is 20.7 Å². The second kappa shape index (κ2) is 6.89. The summed E-state index contributed by atoms with van der Waals surface area (Å²) in [6.07, 6.45) is 1.46. The first-order valence-electron chi connectivity index (χ1n) is 8.54. The Balaban J connectivity index is 1.77. The Morgan fingerprint density at radius 1 is 1.15 bits per heavy atom. The molecule has 0 saturated heterocycles. The van der Waals surface area contributed by atoms with Crippen molar-refractivity contribution in [3.8, 4) is 0 Å². The molecule has 3 aromatic rings. The van der Waals surface area contributed by atoms with Crippen molar-refractivity contribution in [1.29, 1.82) is 0 Å². The minimum atomic E-state index is -0.470. The molecule has 0 unspecified atom stereocenters. The molecule has 2 heterocycles. The van der Waals surface area contributed by atoms with Crippen LogP contribution in [0.25, 0.3) is 0 Å². The first kappa shape index (κ1) is 17.3. The van der Waals surface area contributed by atoms with Crippen LogP contribution in [-0.2, 0) is 4.79 Å². The van der Waals surface area contributed by atoms with Gasteiger partial charge in [-0.05, 0) is 32.0 Å². The van der Waals surface area contributed by atoms with E-state index in [1.54, 1.807) is 10.7 Å². The van der Waals surface area contributed by atoms with Crippen molar-refractivity contribution in [2.75, 3.05) is 10.6 Å². The summed E-state index contributed by atoms with van der Waals surface area (Å²) in [5.74, 6) is 0.360. The van der Waals surface area contributed by atoms with E-state index < -0.39 is 6.04 Å². The van der Waals surface area contributed by atoms with Gasteiger partial charge in [-0.15, -0.1) is 0 Å². The lowest BCUT2D eigenvalue weighted by atomic mass is 9.95. The number of hydrogen-bond acceptors (Lipinski definition) is 4. The summed E-state index contributed by atoms with van der Waals surface area (Å²) in [5.41, 5.74) is 3.91. The van der Waals surface area contributed by atoms with Gasteiger partial charge in [0.15, 0.2) is 0 Å². The van der Waals surface area contributed by atoms with Gasteiger partial charge in [0.05, 0.1) is 5.57 Å². The molecule has 0 bridgehead atoms. The molecule has 2 aromatic carbocycles. The van der Waals surface area contributed by atoms with Gasteiger partial charge in [-0.2, -0.15) is 10.1 Å². The quantitative estimate of drug-likeness (QED) is 0.716. The number of nitrogens with one attached hydrogen (secondary N) is 2. The smallest absolute Gasteiger partial charge is 0.255 e. The van der Waals surface area contributed by atoms with Crippen LogP contribution in [0, 0.1) is 6.92 Å². The molecule has 0 radical (unpaired) electrons. The molecule has 7 heteroatoms. The normalized spacial score (nSPS) is 15.9. The van der Waals surface area contributed by atoms with Gasteiger partial charge in [0.25, 0.3) is 5.91 Å². The maximum Gasteiger partial charge on any atom is 0.255 e. The SMILES string of the molecule is CC1=C(C(=O)Nc2ccc(C)cc2)[C@@H](c2ccccc2Cl)n2ncnc2N1. The number of aryl methyl sites for hydroxylation is 1. The van der Waals surface area contributed by atoms with E-state index in [4.69, 9.17) is 11.6 Å². The maximum atomic E-state index is 13.2. The van der Waals surface area contributed by atoms with Crippen molar-refractivity contribution < 1.29 is 4.79 Å². The van der Waals surface area contributed by atoms with E-state index in [1.807, 2.05) is 56.3 Å². The molecule has 1 aliphatic heterocycles. The summed E-state index contributed by atoms with van der Waals surface area (Å²) in [4.78, 5) is 17.4. The van der Waals surface area contributed by atoms with E-state index in [9.17, 15) is 4.79 Å². The fourth-order valence-electron chi connectivity index (χ4n) is 3.20. The van der Waals surface area contributed by atoms with Crippen LogP contribution >= 0.6 is 11.6 Å². The Morgan fingerprint density at radius 3 is 2.63 bits per heavy atom. The number of aromatic nitrogens is 3. The number of hydrogen-bond donors (Lipinski definition) is 2. The average Bonchev–Trinajstić information content (AvgIpc) is 3.11. The summed E-state index contributed by atoms with van der Waals surface area (Å²) in [6.45, 7) is 3.86. The Morgan fingerprint density at radius 2 is 1.89 bits per heavy atom. The van der Waals surface area contributed by atoms with Gasteiger partial charge in [0.1, 0.15) is 12.4 Å². The number of nitrogens with zero attached hydrogens (tertiary/aromatic N) is 3. The fraction of sp³-hybridized carbons (Fsp3) is 0.150. The van der Waals surface area contributed by atoms with E-state index in [1.165, 1.54) is 6.33 Å². The highest BCUT2D eigenvalue weighted by Crippen LogP contribution is 2.37. The first-order chi connectivity index (χ1) is 13.0. The lowest BCUT2D eigenvalue weighted by molar-refractivity contribution is -0.113. The third kappa shape index (κ3) is 3.19. The number of allylic oxidation sites excluding steroid dienone is 1. The van der Waals surface area contributed by atoms with Gasteiger partial charge < -0.3 is 10.6 Å². The first-order valence-corrected chi connectivity index (χ1v) is 8.92. The van der Waals surface area contributed by atoms with Crippen LogP contribution < -0.4 is 10.6 Å². The zero-order valence-corrected chi connectivity index (χ0v) is 15.7. The fourth-order valence-corrected chi connectivity index (χ4v) is 3.44. The summed E-state index contributed by atoms with van der Waals surface area (Å²) in [5, 5.41) is 11.0. The molecule has 1 aliphatic rings. The van der Waals surface area contributed by atoms with Crippen molar-refractivity contribution in [2.24, 2.45) is 0 Å². The third-order valence-electron chi connectivity index (χ3n) is 4.55. The zero-order chi connectivity index (χ0) is 19.0. The number of amides is 1. The number of rotatable bonds is 3. The summed E-state index contributed by atoms with van der Waals surface area (Å²) >= 11 is 6.45. The summed E-state index contributed by atoms with van der Waals surface area (Å²) < 4.78 is 1.68. The molecule has 1 aromatic heterocycles. The van der Waals surface area contributed by atoms with Gasteiger partial charge in [-0.25, -0.2) is 4.68 Å². The molecule has 1 atom stereocenters. The van der Waals surface area contributed by atoms with Crippen molar-refractivity contribution in [3.05, 3.63) is 82.3 Å². The number of fused-ring (bicyclic) bond motifs is 1. The second-order valence-corrected chi connectivity index (χ2v) is 6.84. The van der Waals surface area contributed by atoms with Crippen LogP contribution in [-0.4, -0.2) is 20.7 Å². The van der Waals surface area contributed by atoms with Crippen LogP contribution in [0.15, 0.2) is 66.1 Å². The molecule has 0 fully saturated rings. The van der Waals surface area contributed by atoms with Crippen LogP contribution in [0.3, 0.4) is 0 Å². The molecular formula is C20H18ClN5O. The van der Waals surface area contributed by atoms with E-state index in [0.717, 1.165) is 16.8 Å². The standard InChI is InChI=1S/C20H18ClN5O/c1-12-7-9-14(10-8-12)25-19(27)17-13(2)24-20-22-11-23-26(20)18(17)15-5-3-4-6-16(15)21/h3-11,18H,1-2H3,(H,25,27)(H,22,23,24)/t18-/m1/s1. The van der Waals surface area contributed by atoms with Gasteiger partial charge in [-0.3, -0.25) is 4.79 Å². The van der Waals surface area contributed by atoms with Gasteiger partial charge >= 0.3 is 0 Å². The van der Waals surface area contributed by atoms with Crippen molar-refractivity contribution >= 4 is 29.1 Å². The van der Waals surface area contributed by atoms with Gasteiger partial charge in [-0.1, -0.05) is 47.5 Å². The van der Waals surface area contributed by atoms with Crippen molar-refractivity contribution in [3.63, 3.8) is 0 Å². The van der Waals surface area contributed by atoms with E-state index in [0.29, 0.717) is 22.2 Å². The molecule has 0 saturated carbocycles. The molecule has 1 amide bonds. The topological polar surface area (TPSA) is 71.8 Å². The molecule has 4 rings (SSSR count). The number of halogens is 1. The number of carbonyl (C=O) groups excluding carboxylic acids is 1. The largest absolute Gasteiger partial charge is 0.328 e. The summed E-state index contributed by atoms with van der Waals surface area (Å²) in [6, 6.07) is 14.7. The Labute approximate surface area is 161 Å². The third-order valence-corrected chi connectivity index (χ3v) is 4.89. The van der Waals surface area contributed by atoms with Gasteiger partial charge in [0.2, 0.25) is 5.95 Å². The van der Waals surface area contributed by atoms with Crippen LogP contribution in [0.5, 0.6) is 0 Å². The number of carbonyl (C=O) groups is 1. The number of anilines is 2.